The third-order valence-electron chi connectivity index (χ3n) is 2.79. The van der Waals surface area contributed by atoms with Crippen LogP contribution in [0.2, 0.25) is 0 Å². The van der Waals surface area contributed by atoms with Gasteiger partial charge in [0.2, 0.25) is 0 Å². The number of amidine groups is 1. The summed E-state index contributed by atoms with van der Waals surface area (Å²) in [6, 6.07) is 6.72. The summed E-state index contributed by atoms with van der Waals surface area (Å²) >= 11 is 0. The Morgan fingerprint density at radius 2 is 1.67 bits per heavy atom. The van der Waals surface area contributed by atoms with Crippen LogP contribution in [0.15, 0.2) is 33.6 Å². The van der Waals surface area contributed by atoms with Crippen molar-refractivity contribution in [2.75, 3.05) is 13.1 Å². The molecule has 4 nitrogen and oxygen atoms in total. The number of nitrogens with zero attached hydrogens (tertiary/aromatic N) is 2. The van der Waals surface area contributed by atoms with Crippen LogP contribution in [0, 0.1) is 6.92 Å². The first kappa shape index (κ1) is 14.7. The first-order valence-electron chi connectivity index (χ1n) is 6.04. The van der Waals surface area contributed by atoms with Gasteiger partial charge in [-0.25, -0.2) is 0 Å². The third-order valence-corrected chi connectivity index (χ3v) is 4.16. The first-order chi connectivity index (χ1) is 8.40. The molecule has 1 aromatic carbocycles. The smallest absolute Gasteiger partial charge is 0.283 e. The fourth-order valence-corrected chi connectivity index (χ4v) is 2.72. The SMILES string of the molecule is CCN(CC)C(C)=NS(=O)(=O)c1ccc(C)cc1. The van der Waals surface area contributed by atoms with Crippen LogP contribution in [-0.4, -0.2) is 32.2 Å². The largest absolute Gasteiger partial charge is 0.360 e. The Labute approximate surface area is 109 Å². The van der Waals surface area contributed by atoms with Crippen LogP contribution in [0.5, 0.6) is 0 Å². The summed E-state index contributed by atoms with van der Waals surface area (Å²) in [7, 11) is -3.60. The maximum Gasteiger partial charge on any atom is 0.283 e. The highest BCUT2D eigenvalue weighted by Crippen LogP contribution is 2.13. The van der Waals surface area contributed by atoms with E-state index in [1.807, 2.05) is 25.7 Å². The predicted octanol–water partition coefficient (Wildman–Crippen LogP) is 2.44. The molecule has 0 saturated carbocycles. The Morgan fingerprint density at radius 1 is 1.17 bits per heavy atom. The van der Waals surface area contributed by atoms with Gasteiger partial charge in [0.05, 0.1) is 4.90 Å². The minimum Gasteiger partial charge on any atom is -0.360 e. The fourth-order valence-electron chi connectivity index (χ4n) is 1.68. The van der Waals surface area contributed by atoms with E-state index in [-0.39, 0.29) is 4.90 Å². The van der Waals surface area contributed by atoms with Crippen LogP contribution in [0.3, 0.4) is 0 Å². The summed E-state index contributed by atoms with van der Waals surface area (Å²) in [6.45, 7) is 9.08. The van der Waals surface area contributed by atoms with Gasteiger partial charge in [-0.05, 0) is 39.8 Å². The van der Waals surface area contributed by atoms with Crippen LogP contribution in [0.4, 0.5) is 0 Å². The number of aryl methyl sites for hydroxylation is 1. The molecule has 0 aliphatic rings. The molecule has 0 unspecified atom stereocenters. The summed E-state index contributed by atoms with van der Waals surface area (Å²) in [5.41, 5.74) is 1.03. The molecule has 0 aliphatic heterocycles. The molecular formula is C13H20N2O2S. The van der Waals surface area contributed by atoms with E-state index in [1.165, 1.54) is 0 Å². The molecule has 0 heterocycles. The first-order valence-corrected chi connectivity index (χ1v) is 7.48. The predicted molar refractivity (Wildman–Crippen MR) is 74.4 cm³/mol. The summed E-state index contributed by atoms with van der Waals surface area (Å²) in [5, 5.41) is 0. The molecule has 0 radical (unpaired) electrons. The minimum atomic E-state index is -3.60. The van der Waals surface area contributed by atoms with Crippen molar-refractivity contribution in [3.05, 3.63) is 29.8 Å². The molecule has 0 N–H and O–H groups in total. The molecule has 5 heteroatoms. The zero-order chi connectivity index (χ0) is 13.8. The van der Waals surface area contributed by atoms with Gasteiger partial charge in [0.1, 0.15) is 5.84 Å². The molecule has 0 amide bonds. The number of hydrogen-bond acceptors (Lipinski definition) is 2. The summed E-state index contributed by atoms with van der Waals surface area (Å²) in [6.07, 6.45) is 0. The van der Waals surface area contributed by atoms with E-state index in [4.69, 9.17) is 0 Å². The average molecular weight is 268 g/mol. The zero-order valence-corrected chi connectivity index (χ0v) is 12.2. The monoisotopic (exact) mass is 268 g/mol. The quantitative estimate of drug-likeness (QED) is 0.622. The Bertz CT molecular complexity index is 514. The van der Waals surface area contributed by atoms with Crippen LogP contribution < -0.4 is 0 Å². The normalized spacial score (nSPS) is 12.6. The Morgan fingerprint density at radius 3 is 2.11 bits per heavy atom. The van der Waals surface area contributed by atoms with Crippen LogP contribution in [0.1, 0.15) is 26.3 Å². The van der Waals surface area contributed by atoms with E-state index in [0.29, 0.717) is 5.84 Å². The number of rotatable bonds is 4. The van der Waals surface area contributed by atoms with E-state index in [9.17, 15) is 8.42 Å². The maximum absolute atomic E-state index is 12.1. The Balaban J connectivity index is 3.08. The highest BCUT2D eigenvalue weighted by molar-refractivity contribution is 7.90. The highest BCUT2D eigenvalue weighted by Gasteiger charge is 2.14. The number of hydrogen-bond donors (Lipinski definition) is 0. The van der Waals surface area contributed by atoms with Gasteiger partial charge in [0.15, 0.2) is 0 Å². The van der Waals surface area contributed by atoms with Crippen molar-refractivity contribution in [3.8, 4) is 0 Å². The fraction of sp³-hybridized carbons (Fsp3) is 0.462. The molecule has 1 rings (SSSR count). The van der Waals surface area contributed by atoms with E-state index in [1.54, 1.807) is 31.2 Å². The lowest BCUT2D eigenvalue weighted by atomic mass is 10.2. The van der Waals surface area contributed by atoms with Gasteiger partial charge in [0.25, 0.3) is 10.0 Å². The van der Waals surface area contributed by atoms with E-state index < -0.39 is 10.0 Å². The van der Waals surface area contributed by atoms with Gasteiger partial charge in [-0.15, -0.1) is 4.40 Å². The van der Waals surface area contributed by atoms with Crippen molar-refractivity contribution in [1.29, 1.82) is 0 Å². The van der Waals surface area contributed by atoms with Crippen molar-refractivity contribution in [3.63, 3.8) is 0 Å². The van der Waals surface area contributed by atoms with Gasteiger partial charge in [-0.2, -0.15) is 8.42 Å². The highest BCUT2D eigenvalue weighted by atomic mass is 32.2. The van der Waals surface area contributed by atoms with Crippen LogP contribution >= 0.6 is 0 Å². The van der Waals surface area contributed by atoms with Crippen molar-refractivity contribution < 1.29 is 8.42 Å². The lowest BCUT2D eigenvalue weighted by Gasteiger charge is -2.19. The molecule has 0 spiro atoms. The van der Waals surface area contributed by atoms with E-state index in [0.717, 1.165) is 18.7 Å². The molecule has 18 heavy (non-hydrogen) atoms. The molecular weight excluding hydrogens is 248 g/mol. The number of sulfonamides is 1. The molecule has 0 fully saturated rings. The van der Waals surface area contributed by atoms with Crippen molar-refractivity contribution >= 4 is 15.9 Å². The lowest BCUT2D eigenvalue weighted by molar-refractivity contribution is 0.463. The molecule has 0 atom stereocenters. The average Bonchev–Trinajstić information content (AvgIpc) is 2.30. The standard InChI is InChI=1S/C13H20N2O2S/c1-5-15(6-2)12(4)14-18(16,17)13-9-7-11(3)8-10-13/h7-10H,5-6H2,1-4H3. The van der Waals surface area contributed by atoms with Gasteiger partial charge in [-0.1, -0.05) is 17.7 Å². The maximum atomic E-state index is 12.1. The van der Waals surface area contributed by atoms with Crippen LogP contribution in [0.25, 0.3) is 0 Å². The molecule has 100 valence electrons. The molecule has 0 bridgehead atoms. The number of benzene rings is 1. The topological polar surface area (TPSA) is 49.7 Å². The van der Waals surface area contributed by atoms with Crippen molar-refractivity contribution in [2.45, 2.75) is 32.6 Å². The van der Waals surface area contributed by atoms with Gasteiger partial charge in [0, 0.05) is 13.1 Å². The van der Waals surface area contributed by atoms with E-state index in [2.05, 4.69) is 4.40 Å². The van der Waals surface area contributed by atoms with Crippen LogP contribution in [-0.2, 0) is 10.0 Å². The van der Waals surface area contributed by atoms with Crippen molar-refractivity contribution in [2.24, 2.45) is 4.40 Å². The second-order valence-electron chi connectivity index (χ2n) is 4.10. The second-order valence-corrected chi connectivity index (χ2v) is 5.70. The summed E-state index contributed by atoms with van der Waals surface area (Å²) in [5.74, 6) is 0.528. The van der Waals surface area contributed by atoms with E-state index >= 15 is 0 Å². The molecule has 1 aromatic rings. The molecule has 0 aliphatic carbocycles. The van der Waals surface area contributed by atoms with Gasteiger partial charge < -0.3 is 4.90 Å². The Kier molecular flexibility index (Phi) is 4.90. The lowest BCUT2D eigenvalue weighted by Crippen LogP contribution is -2.29. The zero-order valence-electron chi connectivity index (χ0n) is 11.3. The third kappa shape index (κ3) is 3.57. The van der Waals surface area contributed by atoms with Crippen molar-refractivity contribution in [1.82, 2.24) is 4.90 Å². The summed E-state index contributed by atoms with van der Waals surface area (Å²) < 4.78 is 28.0. The summed E-state index contributed by atoms with van der Waals surface area (Å²) in [4.78, 5) is 2.14. The Hall–Kier alpha value is -1.36. The minimum absolute atomic E-state index is 0.236. The second kappa shape index (κ2) is 6.00. The molecule has 0 aromatic heterocycles. The molecule has 0 saturated heterocycles. The van der Waals surface area contributed by atoms with Gasteiger partial charge in [-0.3, -0.25) is 0 Å². The van der Waals surface area contributed by atoms with Gasteiger partial charge >= 0.3 is 0 Å².